The minimum absolute atomic E-state index is 0.105. The highest BCUT2D eigenvalue weighted by Crippen LogP contribution is 2.22. The molecule has 0 spiro atoms. The minimum atomic E-state index is -0.527. The van der Waals surface area contributed by atoms with Crippen molar-refractivity contribution in [2.75, 3.05) is 18.5 Å². The van der Waals surface area contributed by atoms with Crippen molar-refractivity contribution in [3.63, 3.8) is 0 Å². The molecule has 0 bridgehead atoms. The third-order valence-electron chi connectivity index (χ3n) is 4.28. The van der Waals surface area contributed by atoms with Crippen molar-refractivity contribution in [2.24, 2.45) is 0 Å². The molecule has 3 rings (SSSR count). The molecule has 0 saturated carbocycles. The SMILES string of the molecule is C[C@@H](OC[C@H]1CCCCO1)C(=O)Nc1ccc(Oc2ccccc2)cc1. The Balaban J connectivity index is 1.46. The molecule has 0 radical (unpaired) electrons. The zero-order valence-electron chi connectivity index (χ0n) is 15.0. The fourth-order valence-electron chi connectivity index (χ4n) is 2.74. The van der Waals surface area contributed by atoms with Crippen LogP contribution < -0.4 is 10.1 Å². The second-order valence-corrected chi connectivity index (χ2v) is 6.39. The molecule has 1 amide bonds. The van der Waals surface area contributed by atoms with Crippen LogP contribution in [0, 0.1) is 0 Å². The standard InChI is InChI=1S/C21H25NO4/c1-16(25-15-20-9-5-6-14-24-20)21(23)22-17-10-12-19(13-11-17)26-18-7-3-2-4-8-18/h2-4,7-8,10-13,16,20H,5-6,9,14-15H2,1H3,(H,22,23)/t16-,20-/m1/s1. The normalized spacial score (nSPS) is 18.1. The monoisotopic (exact) mass is 355 g/mol. The third kappa shape index (κ3) is 5.58. The molecule has 0 aliphatic carbocycles. The lowest BCUT2D eigenvalue weighted by Gasteiger charge is -2.23. The molecule has 2 atom stereocenters. The van der Waals surface area contributed by atoms with Crippen LogP contribution in [-0.4, -0.2) is 31.3 Å². The van der Waals surface area contributed by atoms with E-state index in [1.807, 2.05) is 54.6 Å². The molecule has 5 heteroatoms. The maximum absolute atomic E-state index is 12.3. The van der Waals surface area contributed by atoms with Gasteiger partial charge < -0.3 is 19.5 Å². The van der Waals surface area contributed by atoms with Gasteiger partial charge in [0.1, 0.15) is 17.6 Å². The maximum atomic E-state index is 12.3. The molecule has 1 saturated heterocycles. The van der Waals surface area contributed by atoms with Gasteiger partial charge in [-0.05, 0) is 62.6 Å². The van der Waals surface area contributed by atoms with Crippen LogP contribution in [0.2, 0.25) is 0 Å². The van der Waals surface area contributed by atoms with E-state index in [4.69, 9.17) is 14.2 Å². The van der Waals surface area contributed by atoms with Gasteiger partial charge in [-0.3, -0.25) is 4.79 Å². The Kier molecular flexibility index (Phi) is 6.63. The van der Waals surface area contributed by atoms with Crippen molar-refractivity contribution >= 4 is 11.6 Å². The van der Waals surface area contributed by atoms with Gasteiger partial charge in [-0.25, -0.2) is 0 Å². The summed E-state index contributed by atoms with van der Waals surface area (Å²) in [4.78, 5) is 12.3. The quantitative estimate of drug-likeness (QED) is 0.800. The molecular weight excluding hydrogens is 330 g/mol. The zero-order valence-corrected chi connectivity index (χ0v) is 15.0. The van der Waals surface area contributed by atoms with Crippen LogP contribution in [0.4, 0.5) is 5.69 Å². The molecule has 1 heterocycles. The number of rotatable bonds is 7. The van der Waals surface area contributed by atoms with E-state index >= 15 is 0 Å². The Bertz CT molecular complexity index is 681. The van der Waals surface area contributed by atoms with Crippen LogP contribution in [0.5, 0.6) is 11.5 Å². The molecule has 1 aliphatic heterocycles. The Labute approximate surface area is 154 Å². The number of anilines is 1. The van der Waals surface area contributed by atoms with E-state index in [-0.39, 0.29) is 12.0 Å². The van der Waals surface area contributed by atoms with Crippen molar-refractivity contribution < 1.29 is 19.0 Å². The summed E-state index contributed by atoms with van der Waals surface area (Å²) in [6.07, 6.45) is 2.84. The Morgan fingerprint density at radius 1 is 1.12 bits per heavy atom. The lowest BCUT2D eigenvalue weighted by Crippen LogP contribution is -2.32. The summed E-state index contributed by atoms with van der Waals surface area (Å²) < 4.78 is 17.0. The average molecular weight is 355 g/mol. The smallest absolute Gasteiger partial charge is 0.253 e. The second-order valence-electron chi connectivity index (χ2n) is 6.39. The van der Waals surface area contributed by atoms with Crippen LogP contribution in [-0.2, 0) is 14.3 Å². The highest BCUT2D eigenvalue weighted by molar-refractivity contribution is 5.93. The molecule has 1 aliphatic rings. The molecule has 26 heavy (non-hydrogen) atoms. The average Bonchev–Trinajstić information content (AvgIpc) is 2.69. The van der Waals surface area contributed by atoms with Crippen LogP contribution in [0.15, 0.2) is 54.6 Å². The number of hydrogen-bond acceptors (Lipinski definition) is 4. The number of nitrogens with one attached hydrogen (secondary N) is 1. The van der Waals surface area contributed by atoms with E-state index in [1.54, 1.807) is 6.92 Å². The Morgan fingerprint density at radius 3 is 2.54 bits per heavy atom. The molecule has 1 fully saturated rings. The summed E-state index contributed by atoms with van der Waals surface area (Å²) in [5.41, 5.74) is 0.708. The summed E-state index contributed by atoms with van der Waals surface area (Å²) in [7, 11) is 0. The molecular formula is C21H25NO4. The molecule has 0 aromatic heterocycles. The molecule has 0 unspecified atom stereocenters. The van der Waals surface area contributed by atoms with E-state index in [1.165, 1.54) is 0 Å². The van der Waals surface area contributed by atoms with Crippen LogP contribution in [0.25, 0.3) is 0 Å². The van der Waals surface area contributed by atoms with Crippen LogP contribution in [0.3, 0.4) is 0 Å². The fraction of sp³-hybridized carbons (Fsp3) is 0.381. The van der Waals surface area contributed by atoms with E-state index in [0.29, 0.717) is 18.0 Å². The largest absolute Gasteiger partial charge is 0.457 e. The van der Waals surface area contributed by atoms with Gasteiger partial charge in [0.2, 0.25) is 0 Å². The summed E-state index contributed by atoms with van der Waals surface area (Å²) in [5, 5.41) is 2.86. The molecule has 138 valence electrons. The number of para-hydroxylation sites is 1. The van der Waals surface area contributed by atoms with Crippen molar-refractivity contribution in [2.45, 2.75) is 38.4 Å². The van der Waals surface area contributed by atoms with Gasteiger partial charge in [-0.1, -0.05) is 18.2 Å². The maximum Gasteiger partial charge on any atom is 0.253 e. The van der Waals surface area contributed by atoms with E-state index in [9.17, 15) is 4.79 Å². The van der Waals surface area contributed by atoms with Gasteiger partial charge in [-0.2, -0.15) is 0 Å². The minimum Gasteiger partial charge on any atom is -0.457 e. The summed E-state index contributed by atoms with van der Waals surface area (Å²) in [6, 6.07) is 16.8. The van der Waals surface area contributed by atoms with Crippen molar-refractivity contribution in [1.29, 1.82) is 0 Å². The van der Waals surface area contributed by atoms with Crippen LogP contribution in [0.1, 0.15) is 26.2 Å². The second kappa shape index (κ2) is 9.36. The van der Waals surface area contributed by atoms with Crippen LogP contribution >= 0.6 is 0 Å². The molecule has 1 N–H and O–H groups in total. The predicted octanol–water partition coefficient (Wildman–Crippen LogP) is 4.39. The number of amides is 1. The predicted molar refractivity (Wildman–Crippen MR) is 101 cm³/mol. The van der Waals surface area contributed by atoms with Gasteiger partial charge in [0.05, 0.1) is 12.7 Å². The van der Waals surface area contributed by atoms with Crippen molar-refractivity contribution in [3.05, 3.63) is 54.6 Å². The number of carbonyl (C=O) groups excluding carboxylic acids is 1. The number of ether oxygens (including phenoxy) is 3. The van der Waals surface area contributed by atoms with E-state index in [2.05, 4.69) is 5.32 Å². The van der Waals surface area contributed by atoms with Gasteiger partial charge >= 0.3 is 0 Å². The van der Waals surface area contributed by atoms with Crippen molar-refractivity contribution in [1.82, 2.24) is 0 Å². The zero-order chi connectivity index (χ0) is 18.2. The van der Waals surface area contributed by atoms with Gasteiger partial charge in [-0.15, -0.1) is 0 Å². The molecule has 2 aromatic carbocycles. The Morgan fingerprint density at radius 2 is 1.85 bits per heavy atom. The van der Waals surface area contributed by atoms with Gasteiger partial charge in [0.25, 0.3) is 5.91 Å². The highest BCUT2D eigenvalue weighted by Gasteiger charge is 2.19. The first kappa shape index (κ1) is 18.4. The molecule has 2 aromatic rings. The number of benzene rings is 2. The van der Waals surface area contributed by atoms with E-state index in [0.717, 1.165) is 31.6 Å². The third-order valence-corrected chi connectivity index (χ3v) is 4.28. The first-order valence-corrected chi connectivity index (χ1v) is 9.08. The summed E-state index contributed by atoms with van der Waals surface area (Å²) >= 11 is 0. The lowest BCUT2D eigenvalue weighted by molar-refractivity contribution is -0.130. The lowest BCUT2D eigenvalue weighted by atomic mass is 10.1. The molecule has 5 nitrogen and oxygen atoms in total. The summed E-state index contributed by atoms with van der Waals surface area (Å²) in [6.45, 7) is 3.00. The Hall–Kier alpha value is -2.37. The fourth-order valence-corrected chi connectivity index (χ4v) is 2.74. The number of carbonyl (C=O) groups is 1. The number of hydrogen-bond donors (Lipinski definition) is 1. The van der Waals surface area contributed by atoms with Gasteiger partial charge in [0, 0.05) is 12.3 Å². The summed E-state index contributed by atoms with van der Waals surface area (Å²) in [5.74, 6) is 1.32. The highest BCUT2D eigenvalue weighted by atomic mass is 16.5. The first-order valence-electron chi connectivity index (χ1n) is 9.08. The topological polar surface area (TPSA) is 56.8 Å². The first-order chi connectivity index (χ1) is 12.7. The van der Waals surface area contributed by atoms with Gasteiger partial charge in [0.15, 0.2) is 0 Å². The van der Waals surface area contributed by atoms with E-state index < -0.39 is 6.10 Å². The van der Waals surface area contributed by atoms with Crippen molar-refractivity contribution in [3.8, 4) is 11.5 Å².